The molecule has 1 saturated heterocycles. The molecule has 0 spiro atoms. The second kappa shape index (κ2) is 10.2. The van der Waals surface area contributed by atoms with Gasteiger partial charge in [0.1, 0.15) is 11.3 Å². The summed E-state index contributed by atoms with van der Waals surface area (Å²) in [4.78, 5) is 18.8. The molecule has 1 aliphatic carbocycles. The van der Waals surface area contributed by atoms with Gasteiger partial charge in [-0.2, -0.15) is 0 Å². The van der Waals surface area contributed by atoms with Crippen LogP contribution < -0.4 is 0 Å². The van der Waals surface area contributed by atoms with Crippen molar-refractivity contribution in [1.29, 1.82) is 0 Å². The highest BCUT2D eigenvalue weighted by Gasteiger charge is 2.51. The zero-order valence-corrected chi connectivity index (χ0v) is 20.8. The number of ether oxygens (including phenoxy) is 2. The summed E-state index contributed by atoms with van der Waals surface area (Å²) in [6.07, 6.45) is 9.41. The lowest BCUT2D eigenvalue weighted by atomic mass is 9.83. The fourth-order valence-electron chi connectivity index (χ4n) is 5.28. The monoisotopic (exact) mass is 466 g/mol. The number of rotatable bonds is 7. The first-order valence-corrected chi connectivity index (χ1v) is 12.4. The van der Waals surface area contributed by atoms with Gasteiger partial charge in [-0.3, -0.25) is 9.88 Å². The van der Waals surface area contributed by atoms with E-state index in [4.69, 9.17) is 9.47 Å². The first kappa shape index (κ1) is 25.9. The Labute approximate surface area is 197 Å². The first-order valence-electron chi connectivity index (χ1n) is 12.4. The molecule has 1 aromatic rings. The summed E-state index contributed by atoms with van der Waals surface area (Å²) in [5.74, 6) is -2.40. The van der Waals surface area contributed by atoms with Gasteiger partial charge in [-0.05, 0) is 71.9 Å². The molecule has 2 atom stereocenters. The average molecular weight is 467 g/mol. The number of aromatic nitrogens is 1. The van der Waals surface area contributed by atoms with Crippen molar-refractivity contribution in [3.05, 3.63) is 30.1 Å². The maximum atomic E-state index is 14.7. The molecule has 2 aliphatic rings. The summed E-state index contributed by atoms with van der Waals surface area (Å²) in [7, 11) is 0. The van der Waals surface area contributed by atoms with Crippen LogP contribution in [0.3, 0.4) is 0 Å². The Balaban J connectivity index is 1.73. The number of halogens is 2. The predicted octanol–water partition coefficient (Wildman–Crippen LogP) is 7.05. The Hall–Kier alpha value is -1.76. The van der Waals surface area contributed by atoms with Crippen LogP contribution in [0.4, 0.5) is 13.6 Å². The van der Waals surface area contributed by atoms with Crippen LogP contribution in [0.2, 0.25) is 0 Å². The highest BCUT2D eigenvalue weighted by atomic mass is 19.3. The summed E-state index contributed by atoms with van der Waals surface area (Å²) < 4.78 is 41.4. The number of alkyl halides is 2. The molecular weight excluding hydrogens is 426 g/mol. The summed E-state index contributed by atoms with van der Waals surface area (Å²) in [5, 5.41) is 0. The van der Waals surface area contributed by atoms with Crippen molar-refractivity contribution in [1.82, 2.24) is 9.88 Å². The second-order valence-electron chi connectivity index (χ2n) is 11.1. The zero-order valence-electron chi connectivity index (χ0n) is 20.8. The van der Waals surface area contributed by atoms with Crippen molar-refractivity contribution in [2.45, 2.75) is 122 Å². The van der Waals surface area contributed by atoms with Gasteiger partial charge in [0.05, 0.1) is 12.1 Å². The fraction of sp³-hybridized carbons (Fsp3) is 0.769. The SMILES string of the molecule is CC(C)(C)OC(=O)N1C(CC2CCCCC2)C(CCCC(F)(F)c2ccncc2)OC1(C)C. The number of amides is 1. The Bertz CT molecular complexity index is 773. The van der Waals surface area contributed by atoms with Gasteiger partial charge in [-0.25, -0.2) is 13.6 Å². The van der Waals surface area contributed by atoms with Crippen molar-refractivity contribution in [3.8, 4) is 0 Å². The molecule has 1 saturated carbocycles. The Morgan fingerprint density at radius 3 is 2.42 bits per heavy atom. The molecule has 7 heteroatoms. The van der Waals surface area contributed by atoms with Gasteiger partial charge >= 0.3 is 6.09 Å². The molecule has 0 N–H and O–H groups in total. The third-order valence-corrected chi connectivity index (χ3v) is 6.75. The standard InChI is InChI=1S/C26H40F2N2O3/c1-24(2,3)33-23(31)30-21(18-19-10-7-6-8-11-19)22(32-25(30,4)5)12-9-15-26(27,28)20-13-16-29-17-14-20/h13-14,16-17,19,21-22H,6-12,15,18H2,1-5H3. The molecule has 0 aromatic carbocycles. The van der Waals surface area contributed by atoms with Crippen LogP contribution in [0, 0.1) is 5.92 Å². The molecular formula is C26H40F2N2O3. The van der Waals surface area contributed by atoms with Crippen molar-refractivity contribution in [2.24, 2.45) is 5.92 Å². The number of nitrogens with zero attached hydrogens (tertiary/aromatic N) is 2. The molecule has 2 heterocycles. The van der Waals surface area contributed by atoms with E-state index < -0.39 is 23.3 Å². The van der Waals surface area contributed by atoms with Gasteiger partial charge in [0.2, 0.25) is 0 Å². The van der Waals surface area contributed by atoms with E-state index in [-0.39, 0.29) is 24.1 Å². The molecule has 0 radical (unpaired) electrons. The van der Waals surface area contributed by atoms with Gasteiger partial charge in [-0.1, -0.05) is 32.1 Å². The molecule has 33 heavy (non-hydrogen) atoms. The minimum absolute atomic E-state index is 0.0145. The van der Waals surface area contributed by atoms with Crippen LogP contribution in [-0.2, 0) is 15.4 Å². The maximum absolute atomic E-state index is 14.7. The molecule has 3 rings (SSSR count). The first-order chi connectivity index (χ1) is 15.4. The maximum Gasteiger partial charge on any atom is 0.412 e. The van der Waals surface area contributed by atoms with E-state index in [0.29, 0.717) is 18.8 Å². The number of hydrogen-bond donors (Lipinski definition) is 0. The van der Waals surface area contributed by atoms with Crippen molar-refractivity contribution in [3.63, 3.8) is 0 Å². The predicted molar refractivity (Wildman–Crippen MR) is 124 cm³/mol. The average Bonchev–Trinajstić information content (AvgIpc) is 2.97. The summed E-state index contributed by atoms with van der Waals surface area (Å²) in [6.45, 7) is 9.30. The van der Waals surface area contributed by atoms with E-state index in [2.05, 4.69) is 4.98 Å². The smallest absolute Gasteiger partial charge is 0.412 e. The van der Waals surface area contributed by atoms with E-state index in [0.717, 1.165) is 19.3 Å². The summed E-state index contributed by atoms with van der Waals surface area (Å²) >= 11 is 0. The van der Waals surface area contributed by atoms with E-state index in [1.165, 1.54) is 43.8 Å². The lowest BCUT2D eigenvalue weighted by Gasteiger charge is -2.37. The van der Waals surface area contributed by atoms with Gasteiger partial charge in [0, 0.05) is 24.4 Å². The number of carbonyl (C=O) groups excluding carboxylic acids is 1. The molecule has 1 amide bonds. The highest BCUT2D eigenvalue weighted by Crippen LogP contribution is 2.42. The van der Waals surface area contributed by atoms with E-state index in [9.17, 15) is 13.6 Å². The van der Waals surface area contributed by atoms with Crippen molar-refractivity contribution in [2.75, 3.05) is 0 Å². The minimum atomic E-state index is -2.92. The van der Waals surface area contributed by atoms with Crippen LogP contribution in [0.15, 0.2) is 24.5 Å². The van der Waals surface area contributed by atoms with Gasteiger partial charge in [-0.15, -0.1) is 0 Å². The molecule has 0 bridgehead atoms. The topological polar surface area (TPSA) is 51.7 Å². The largest absolute Gasteiger partial charge is 0.444 e. The van der Waals surface area contributed by atoms with Gasteiger partial charge in [0.15, 0.2) is 0 Å². The van der Waals surface area contributed by atoms with Crippen LogP contribution in [0.5, 0.6) is 0 Å². The van der Waals surface area contributed by atoms with Gasteiger partial charge in [0.25, 0.3) is 5.92 Å². The van der Waals surface area contributed by atoms with E-state index in [1.54, 1.807) is 4.90 Å². The molecule has 2 unspecified atom stereocenters. The fourth-order valence-corrected chi connectivity index (χ4v) is 5.28. The lowest BCUT2D eigenvalue weighted by Crippen LogP contribution is -2.50. The summed E-state index contributed by atoms with van der Waals surface area (Å²) in [6, 6.07) is 2.56. The normalized spacial score (nSPS) is 24.2. The van der Waals surface area contributed by atoms with Crippen LogP contribution in [-0.4, -0.2) is 39.4 Å². The van der Waals surface area contributed by atoms with Crippen LogP contribution >= 0.6 is 0 Å². The second-order valence-corrected chi connectivity index (χ2v) is 11.1. The van der Waals surface area contributed by atoms with Crippen molar-refractivity contribution < 1.29 is 23.0 Å². The number of pyridine rings is 1. The molecule has 1 aromatic heterocycles. The quantitative estimate of drug-likeness (QED) is 0.432. The molecule has 5 nitrogen and oxygen atoms in total. The third-order valence-electron chi connectivity index (χ3n) is 6.75. The molecule has 186 valence electrons. The van der Waals surface area contributed by atoms with E-state index >= 15 is 0 Å². The van der Waals surface area contributed by atoms with Gasteiger partial charge < -0.3 is 9.47 Å². The minimum Gasteiger partial charge on any atom is -0.444 e. The van der Waals surface area contributed by atoms with E-state index in [1.807, 2.05) is 34.6 Å². The molecule has 2 fully saturated rings. The Morgan fingerprint density at radius 1 is 1.18 bits per heavy atom. The highest BCUT2D eigenvalue weighted by molar-refractivity contribution is 5.70. The Morgan fingerprint density at radius 2 is 1.82 bits per heavy atom. The van der Waals surface area contributed by atoms with Crippen molar-refractivity contribution >= 4 is 6.09 Å². The number of carbonyl (C=O) groups is 1. The van der Waals surface area contributed by atoms with Crippen LogP contribution in [0.1, 0.15) is 98.0 Å². The summed E-state index contributed by atoms with van der Waals surface area (Å²) in [5.41, 5.74) is -1.48. The molecule has 1 aliphatic heterocycles. The van der Waals surface area contributed by atoms with Crippen LogP contribution in [0.25, 0.3) is 0 Å². The zero-order chi connectivity index (χ0) is 24.3. The lowest BCUT2D eigenvalue weighted by molar-refractivity contribution is -0.0817. The number of hydrogen-bond acceptors (Lipinski definition) is 4. The Kier molecular flexibility index (Phi) is 8.03. The third kappa shape index (κ3) is 6.87.